The minimum Gasteiger partial charge on any atom is -0.343 e. The molecule has 0 spiro atoms. The minimum absolute atomic E-state index is 0.0533. The Balaban J connectivity index is 1.61. The number of aliphatic imine (C=N–C) groups is 1. The van der Waals surface area contributed by atoms with E-state index in [0.29, 0.717) is 30.2 Å². The van der Waals surface area contributed by atoms with Crippen molar-refractivity contribution in [2.75, 3.05) is 0 Å². The first-order valence-corrected chi connectivity index (χ1v) is 8.90. The topological polar surface area (TPSA) is 97.3 Å². The number of hydrazine groups is 1. The van der Waals surface area contributed by atoms with Gasteiger partial charge in [-0.15, -0.1) is 0 Å². The van der Waals surface area contributed by atoms with Crippen LogP contribution < -0.4 is 16.6 Å². The molecule has 0 radical (unpaired) electrons. The molecule has 1 aliphatic heterocycles. The number of fused-ring (bicyclic) bond motifs is 1. The van der Waals surface area contributed by atoms with E-state index in [1.807, 2.05) is 0 Å². The monoisotopic (exact) mass is 364 g/mol. The maximum Gasteiger partial charge on any atom is 0.248 e. The van der Waals surface area contributed by atoms with E-state index < -0.39 is 5.92 Å². The average Bonchev–Trinajstić information content (AvgIpc) is 2.98. The quantitative estimate of drug-likeness (QED) is 0.435. The second kappa shape index (κ2) is 6.15. The number of nitrogens with zero attached hydrogens (tertiary/aromatic N) is 3. The van der Waals surface area contributed by atoms with E-state index in [1.165, 1.54) is 0 Å². The number of hydrogen-bond donors (Lipinski definition) is 3. The number of aromatic nitrogens is 2. The second-order valence-electron chi connectivity index (χ2n) is 7.31. The molecule has 2 aliphatic carbocycles. The van der Waals surface area contributed by atoms with Gasteiger partial charge in [0.25, 0.3) is 0 Å². The van der Waals surface area contributed by atoms with Gasteiger partial charge in [-0.3, -0.25) is 10.2 Å². The largest absolute Gasteiger partial charge is 0.343 e. The van der Waals surface area contributed by atoms with Crippen LogP contribution in [0.4, 0.5) is 14.6 Å². The van der Waals surface area contributed by atoms with E-state index in [9.17, 15) is 13.6 Å². The van der Waals surface area contributed by atoms with Crippen molar-refractivity contribution in [1.82, 2.24) is 20.5 Å². The van der Waals surface area contributed by atoms with Crippen LogP contribution >= 0.6 is 0 Å². The number of carbonyl (C=O) groups excluding carboxylic acids is 1. The van der Waals surface area contributed by atoms with Crippen molar-refractivity contribution in [3.63, 3.8) is 0 Å². The predicted octanol–water partition coefficient (Wildman–Crippen LogP) is 2.25. The zero-order valence-corrected chi connectivity index (χ0v) is 14.3. The molecule has 0 aromatic carbocycles. The first kappa shape index (κ1) is 17.1. The molecule has 2 fully saturated rings. The van der Waals surface area contributed by atoms with Crippen LogP contribution in [-0.4, -0.2) is 27.4 Å². The summed E-state index contributed by atoms with van der Waals surface area (Å²) in [6.45, 7) is 4.03. The molecule has 9 heteroatoms. The summed E-state index contributed by atoms with van der Waals surface area (Å²) in [7, 11) is 0. The number of hydrogen-bond acceptors (Lipinski definition) is 5. The van der Waals surface area contributed by atoms with Gasteiger partial charge in [-0.1, -0.05) is 6.58 Å². The Kier molecular flexibility index (Phi) is 4.06. The smallest absolute Gasteiger partial charge is 0.248 e. The third kappa shape index (κ3) is 2.80. The fourth-order valence-electron chi connectivity index (χ4n) is 4.00. The van der Waals surface area contributed by atoms with Crippen molar-refractivity contribution in [1.29, 1.82) is 0 Å². The number of alkyl halides is 2. The van der Waals surface area contributed by atoms with E-state index >= 15 is 0 Å². The van der Waals surface area contributed by atoms with Crippen molar-refractivity contribution in [2.24, 2.45) is 22.7 Å². The number of halogens is 2. The first-order chi connectivity index (χ1) is 12.4. The zero-order valence-electron chi connectivity index (χ0n) is 14.3. The van der Waals surface area contributed by atoms with Gasteiger partial charge in [0.05, 0.1) is 17.8 Å². The SMILES string of the molecule is C=C1NC([C@@H]2CC[C@H]2C(=O)NN)=Nc2c1cnn2C1CCC(F)(F)CC1. The van der Waals surface area contributed by atoms with Crippen LogP contribution in [0, 0.1) is 11.8 Å². The zero-order chi connectivity index (χ0) is 18.5. The molecule has 2 saturated carbocycles. The van der Waals surface area contributed by atoms with E-state index in [0.717, 1.165) is 18.4 Å². The van der Waals surface area contributed by atoms with Crippen LogP contribution in [-0.2, 0) is 4.79 Å². The Bertz CT molecular complexity index is 776. The Morgan fingerprint density at radius 3 is 2.69 bits per heavy atom. The van der Waals surface area contributed by atoms with E-state index in [-0.39, 0.29) is 36.6 Å². The first-order valence-electron chi connectivity index (χ1n) is 8.90. The maximum absolute atomic E-state index is 13.5. The second-order valence-corrected chi connectivity index (χ2v) is 7.31. The van der Waals surface area contributed by atoms with Crippen LogP contribution in [0.5, 0.6) is 0 Å². The molecule has 1 aromatic heterocycles. The summed E-state index contributed by atoms with van der Waals surface area (Å²) in [6, 6.07) is -0.0983. The third-order valence-corrected chi connectivity index (χ3v) is 5.74. The lowest BCUT2D eigenvalue weighted by Gasteiger charge is -2.37. The summed E-state index contributed by atoms with van der Waals surface area (Å²) in [4.78, 5) is 16.6. The van der Waals surface area contributed by atoms with Crippen molar-refractivity contribution in [3.05, 3.63) is 18.3 Å². The summed E-state index contributed by atoms with van der Waals surface area (Å²) >= 11 is 0. The van der Waals surface area contributed by atoms with Crippen LogP contribution in [0.2, 0.25) is 0 Å². The van der Waals surface area contributed by atoms with Crippen LogP contribution in [0.3, 0.4) is 0 Å². The number of nitrogens with two attached hydrogens (primary N) is 1. The van der Waals surface area contributed by atoms with Gasteiger partial charge in [0.15, 0.2) is 5.82 Å². The molecule has 0 bridgehead atoms. The molecule has 0 unspecified atom stereocenters. The summed E-state index contributed by atoms with van der Waals surface area (Å²) in [5.41, 5.74) is 3.63. The van der Waals surface area contributed by atoms with Crippen LogP contribution in [0.1, 0.15) is 50.1 Å². The lowest BCUT2D eigenvalue weighted by atomic mass is 9.72. The minimum atomic E-state index is -2.59. The van der Waals surface area contributed by atoms with Gasteiger partial charge in [-0.25, -0.2) is 24.3 Å². The summed E-state index contributed by atoms with van der Waals surface area (Å²) < 4.78 is 28.7. The highest BCUT2D eigenvalue weighted by Gasteiger charge is 2.42. The molecule has 1 aromatic rings. The highest BCUT2D eigenvalue weighted by atomic mass is 19.3. The summed E-state index contributed by atoms with van der Waals surface area (Å²) in [6.07, 6.45) is 3.72. The number of nitrogens with one attached hydrogen (secondary N) is 2. The normalized spacial score (nSPS) is 27.8. The van der Waals surface area contributed by atoms with Gasteiger partial charge in [-0.2, -0.15) is 5.10 Å². The highest BCUT2D eigenvalue weighted by Crippen LogP contribution is 2.43. The molecule has 1 amide bonds. The lowest BCUT2D eigenvalue weighted by Crippen LogP contribution is -2.49. The molecule has 0 saturated heterocycles. The van der Waals surface area contributed by atoms with E-state index in [1.54, 1.807) is 10.9 Å². The molecule has 3 aliphatic rings. The summed E-state index contributed by atoms with van der Waals surface area (Å²) in [5.74, 6) is 3.50. The number of amidine groups is 1. The highest BCUT2D eigenvalue weighted by molar-refractivity contribution is 6.01. The van der Waals surface area contributed by atoms with Crippen molar-refractivity contribution < 1.29 is 13.6 Å². The van der Waals surface area contributed by atoms with E-state index in [4.69, 9.17) is 10.8 Å². The van der Waals surface area contributed by atoms with Gasteiger partial charge >= 0.3 is 0 Å². The Morgan fingerprint density at radius 1 is 1.35 bits per heavy atom. The molecule has 2 heterocycles. The molecule has 4 rings (SSSR count). The third-order valence-electron chi connectivity index (χ3n) is 5.74. The molecule has 4 N–H and O–H groups in total. The maximum atomic E-state index is 13.5. The number of carbonyl (C=O) groups is 1. The fourth-order valence-corrected chi connectivity index (χ4v) is 4.00. The van der Waals surface area contributed by atoms with Gasteiger partial charge in [0.2, 0.25) is 11.8 Å². The Morgan fingerprint density at radius 2 is 2.08 bits per heavy atom. The van der Waals surface area contributed by atoms with Crippen molar-refractivity contribution in [3.8, 4) is 0 Å². The van der Waals surface area contributed by atoms with Gasteiger partial charge < -0.3 is 5.32 Å². The molecule has 140 valence electrons. The van der Waals surface area contributed by atoms with Crippen LogP contribution in [0.15, 0.2) is 17.8 Å². The van der Waals surface area contributed by atoms with Crippen LogP contribution in [0.25, 0.3) is 5.70 Å². The molecule has 26 heavy (non-hydrogen) atoms. The van der Waals surface area contributed by atoms with E-state index in [2.05, 4.69) is 22.4 Å². The molecule has 7 nitrogen and oxygen atoms in total. The van der Waals surface area contributed by atoms with Crippen molar-refractivity contribution >= 4 is 23.3 Å². The van der Waals surface area contributed by atoms with Gasteiger partial charge in [-0.05, 0) is 25.7 Å². The Hall–Kier alpha value is -2.29. The fraction of sp³-hybridized carbons (Fsp3) is 0.588. The average molecular weight is 364 g/mol. The Labute approximate surface area is 149 Å². The van der Waals surface area contributed by atoms with Crippen molar-refractivity contribution in [2.45, 2.75) is 50.5 Å². The number of amides is 1. The van der Waals surface area contributed by atoms with Gasteiger partial charge in [0.1, 0.15) is 5.84 Å². The number of rotatable bonds is 3. The summed E-state index contributed by atoms with van der Waals surface area (Å²) in [5, 5.41) is 7.57. The standard InChI is InChI=1S/C17H22F2N6O/c1-9-13-8-21-25(10-4-6-17(18,19)7-5-10)15(13)23-14(22-9)11-2-3-12(11)16(26)24-20/h8,10-12H,1-7,20H2,(H,22,23)(H,24,26)/t11-,12-/m1/s1. The molecular formula is C17H22F2N6O. The molecular weight excluding hydrogens is 342 g/mol. The predicted molar refractivity (Wildman–Crippen MR) is 92.5 cm³/mol. The lowest BCUT2D eigenvalue weighted by molar-refractivity contribution is -0.128. The molecule has 2 atom stereocenters. The van der Waals surface area contributed by atoms with Gasteiger partial charge in [0, 0.05) is 30.4 Å².